The first kappa shape index (κ1) is 31.7. The lowest BCUT2D eigenvalue weighted by Gasteiger charge is -2.36. The number of carbonyl (C=O) groups excluding carboxylic acids is 1. The Labute approximate surface area is 293 Å². The third kappa shape index (κ3) is 6.29. The fourth-order valence-corrected chi connectivity index (χ4v) is 8.67. The number of benzene rings is 2. The third-order valence-electron chi connectivity index (χ3n) is 11.6. The van der Waals surface area contributed by atoms with Crippen LogP contribution in [0.4, 0.5) is 27.7 Å². The second-order valence-corrected chi connectivity index (χ2v) is 14.9. The van der Waals surface area contributed by atoms with Gasteiger partial charge in [0.15, 0.2) is 11.5 Å². The highest BCUT2D eigenvalue weighted by atomic mass is 16.5. The molecule has 0 radical (unpaired) electrons. The summed E-state index contributed by atoms with van der Waals surface area (Å²) in [5.41, 5.74) is 4.48. The van der Waals surface area contributed by atoms with Crippen molar-refractivity contribution in [3.05, 3.63) is 54.7 Å². The van der Waals surface area contributed by atoms with E-state index in [1.807, 2.05) is 42.6 Å². The van der Waals surface area contributed by atoms with E-state index in [9.17, 15) is 4.79 Å². The summed E-state index contributed by atoms with van der Waals surface area (Å²) in [5, 5.41) is 11.9. The van der Waals surface area contributed by atoms with Crippen LogP contribution in [-0.2, 0) is 9.47 Å². The van der Waals surface area contributed by atoms with Crippen LogP contribution in [0.25, 0.3) is 22.4 Å². The topological polar surface area (TPSA) is 113 Å². The molecule has 2 atom stereocenters. The first-order valence-electron chi connectivity index (χ1n) is 18.5. The van der Waals surface area contributed by atoms with Crippen LogP contribution in [0.3, 0.4) is 0 Å². The van der Waals surface area contributed by atoms with Crippen molar-refractivity contribution < 1.29 is 14.3 Å². The van der Waals surface area contributed by atoms with E-state index < -0.39 is 0 Å². The Morgan fingerprint density at radius 2 is 1.50 bits per heavy atom. The minimum absolute atomic E-state index is 0.0692. The van der Waals surface area contributed by atoms with Gasteiger partial charge in [0.1, 0.15) is 5.82 Å². The van der Waals surface area contributed by atoms with Crippen molar-refractivity contribution in [2.75, 3.05) is 73.4 Å². The van der Waals surface area contributed by atoms with Crippen molar-refractivity contribution in [1.82, 2.24) is 24.6 Å². The number of rotatable bonds is 6. The van der Waals surface area contributed by atoms with Crippen molar-refractivity contribution in [1.29, 1.82) is 0 Å². The molecule has 5 fully saturated rings. The normalized spacial score (nSPS) is 26.9. The van der Waals surface area contributed by atoms with Crippen LogP contribution < -0.4 is 20.4 Å². The maximum absolute atomic E-state index is 12.9. The van der Waals surface area contributed by atoms with Crippen LogP contribution in [0.1, 0.15) is 57.4 Å². The molecule has 4 aromatic rings. The Morgan fingerprint density at radius 3 is 2.16 bits per heavy atom. The van der Waals surface area contributed by atoms with E-state index in [1.165, 1.54) is 18.5 Å². The van der Waals surface area contributed by atoms with E-state index in [2.05, 4.69) is 49.2 Å². The van der Waals surface area contributed by atoms with Gasteiger partial charge in [-0.05, 0) is 107 Å². The number of aromatic nitrogens is 4. The summed E-state index contributed by atoms with van der Waals surface area (Å²) in [5.74, 6) is 1.60. The number of urea groups is 1. The number of amides is 2. The predicted octanol–water partition coefficient (Wildman–Crippen LogP) is 5.92. The monoisotopic (exact) mass is 677 g/mol. The summed E-state index contributed by atoms with van der Waals surface area (Å²) >= 11 is 0. The van der Waals surface area contributed by atoms with Gasteiger partial charge in [-0.25, -0.2) is 19.4 Å². The Hall–Kier alpha value is -4.26. The number of piperazine rings is 1. The molecule has 2 aromatic heterocycles. The lowest BCUT2D eigenvalue weighted by atomic mass is 9.80. The maximum atomic E-state index is 12.9. The van der Waals surface area contributed by atoms with Crippen molar-refractivity contribution in [2.45, 2.75) is 75.2 Å². The summed E-state index contributed by atoms with van der Waals surface area (Å²) in [7, 11) is 2.16. The lowest BCUT2D eigenvalue weighted by molar-refractivity contribution is -0.0337. The third-order valence-corrected chi connectivity index (χ3v) is 11.6. The smallest absolute Gasteiger partial charge is 0.323 e. The van der Waals surface area contributed by atoms with Crippen molar-refractivity contribution in [3.63, 3.8) is 0 Å². The fraction of sp³-hybridized carbons (Fsp3) is 0.526. The highest BCUT2D eigenvalue weighted by Crippen LogP contribution is 2.44. The number of likely N-dealkylation sites (N-methyl/N-ethyl adjacent to an activating group) is 1. The van der Waals surface area contributed by atoms with Crippen LogP contribution in [0, 0.1) is 0 Å². The average Bonchev–Trinajstić information content (AvgIpc) is 3.87. The maximum Gasteiger partial charge on any atom is 0.323 e. The van der Waals surface area contributed by atoms with Crippen molar-refractivity contribution in [3.8, 4) is 11.4 Å². The molecule has 5 aliphatic rings. The van der Waals surface area contributed by atoms with Gasteiger partial charge in [0.05, 0.1) is 35.4 Å². The van der Waals surface area contributed by atoms with Crippen LogP contribution >= 0.6 is 0 Å². The van der Waals surface area contributed by atoms with Crippen molar-refractivity contribution >= 4 is 39.9 Å². The molecule has 2 unspecified atom stereocenters. The Morgan fingerprint density at radius 1 is 0.820 bits per heavy atom. The highest BCUT2D eigenvalue weighted by molar-refractivity contribution is 6.00. The standard InChI is InChI=1S/C38H47N9O3/c1-44-18-20-45(21-19-44)29-9-7-28(8-10-29)41-37(48)40-27-5-3-26(4-6-27)34-42-35(46-24-31-11-12-32(25-46)50-31)33-23-39-47(36(33)43-34)30-13-16-38(17-14-30)15-2-22-49-38/h3-10,23,30-32H,2,11-22,24-25H2,1H3,(H2,40,41,48). The van der Waals surface area contributed by atoms with Gasteiger partial charge < -0.3 is 34.8 Å². The molecule has 262 valence electrons. The SMILES string of the molecule is CN1CCN(c2ccc(NC(=O)Nc3ccc(-c4nc(N5CC6CCC(C5)O6)c5cnn(C6CCC7(CCCO7)CC6)c5n4)cc3)cc2)CC1. The number of morpholine rings is 1. The molecule has 2 amide bonds. The van der Waals surface area contributed by atoms with E-state index in [4.69, 9.17) is 24.5 Å². The van der Waals surface area contributed by atoms with E-state index in [0.29, 0.717) is 11.5 Å². The zero-order chi connectivity index (χ0) is 33.7. The molecule has 50 heavy (non-hydrogen) atoms. The Balaban J connectivity index is 0.929. The fourth-order valence-electron chi connectivity index (χ4n) is 8.67. The molecule has 1 aliphatic carbocycles. The van der Waals surface area contributed by atoms with Gasteiger partial charge in [0.25, 0.3) is 0 Å². The van der Waals surface area contributed by atoms with Crippen LogP contribution in [0.5, 0.6) is 0 Å². The summed E-state index contributed by atoms with van der Waals surface area (Å²) in [4.78, 5) is 30.4. The molecule has 4 saturated heterocycles. The minimum Gasteiger partial charge on any atom is -0.375 e. The zero-order valence-electron chi connectivity index (χ0n) is 28.9. The van der Waals surface area contributed by atoms with E-state index >= 15 is 0 Å². The molecule has 1 spiro atoms. The minimum atomic E-state index is -0.284. The van der Waals surface area contributed by atoms with E-state index in [1.54, 1.807) is 0 Å². The van der Waals surface area contributed by atoms with Gasteiger partial charge in [-0.1, -0.05) is 0 Å². The van der Waals surface area contributed by atoms with Crippen LogP contribution in [0.2, 0.25) is 0 Å². The molecule has 2 N–H and O–H groups in total. The zero-order valence-corrected chi connectivity index (χ0v) is 28.9. The molecule has 12 heteroatoms. The molecule has 2 bridgehead atoms. The largest absolute Gasteiger partial charge is 0.375 e. The number of nitrogens with zero attached hydrogens (tertiary/aromatic N) is 7. The number of fused-ring (bicyclic) bond motifs is 3. The molecule has 9 rings (SSSR count). The summed E-state index contributed by atoms with van der Waals surface area (Å²) in [6.45, 7) is 6.67. The summed E-state index contributed by atoms with van der Waals surface area (Å²) in [6.07, 6.45) is 11.2. The molecule has 1 saturated carbocycles. The quantitative estimate of drug-likeness (QED) is 0.257. The number of nitrogens with one attached hydrogen (secondary N) is 2. The molecular formula is C38H47N9O3. The lowest BCUT2D eigenvalue weighted by Crippen LogP contribution is -2.44. The first-order chi connectivity index (χ1) is 24.5. The van der Waals surface area contributed by atoms with E-state index in [-0.39, 0.29) is 29.9 Å². The number of carbonyl (C=O) groups is 1. The predicted molar refractivity (Wildman–Crippen MR) is 195 cm³/mol. The van der Waals surface area contributed by atoms with Gasteiger partial charge in [0, 0.05) is 68.5 Å². The van der Waals surface area contributed by atoms with Gasteiger partial charge in [-0.3, -0.25) is 0 Å². The number of hydrogen-bond donors (Lipinski definition) is 2. The second-order valence-electron chi connectivity index (χ2n) is 14.9. The molecule has 12 nitrogen and oxygen atoms in total. The number of anilines is 4. The first-order valence-corrected chi connectivity index (χ1v) is 18.5. The number of ether oxygens (including phenoxy) is 2. The van der Waals surface area contributed by atoms with Crippen LogP contribution in [0.15, 0.2) is 54.7 Å². The number of hydrogen-bond acceptors (Lipinski definition) is 9. The van der Waals surface area contributed by atoms with Gasteiger partial charge in [-0.2, -0.15) is 5.10 Å². The highest BCUT2D eigenvalue weighted by Gasteiger charge is 2.40. The van der Waals surface area contributed by atoms with E-state index in [0.717, 1.165) is 113 Å². The van der Waals surface area contributed by atoms with Gasteiger partial charge >= 0.3 is 6.03 Å². The molecule has 2 aromatic carbocycles. The summed E-state index contributed by atoms with van der Waals surface area (Å²) in [6, 6.07) is 15.8. The molecular weight excluding hydrogens is 630 g/mol. The van der Waals surface area contributed by atoms with Crippen molar-refractivity contribution in [2.24, 2.45) is 0 Å². The summed E-state index contributed by atoms with van der Waals surface area (Å²) < 4.78 is 14.5. The molecule has 6 heterocycles. The molecule has 4 aliphatic heterocycles. The van der Waals surface area contributed by atoms with Gasteiger partial charge in [-0.15, -0.1) is 0 Å². The van der Waals surface area contributed by atoms with Crippen LogP contribution in [-0.4, -0.2) is 101 Å². The Bertz CT molecular complexity index is 1810. The Kier molecular flexibility index (Phi) is 8.33. The average molecular weight is 678 g/mol. The van der Waals surface area contributed by atoms with Gasteiger partial charge in [0.2, 0.25) is 0 Å². The second kappa shape index (κ2) is 13.1.